The predicted octanol–water partition coefficient (Wildman–Crippen LogP) is 4.69. The van der Waals surface area contributed by atoms with Gasteiger partial charge in [0.05, 0.1) is 23.7 Å². The first kappa shape index (κ1) is 24.3. The Morgan fingerprint density at radius 1 is 0.970 bits per heavy atom. The van der Waals surface area contributed by atoms with Crippen molar-refractivity contribution in [2.75, 3.05) is 18.0 Å². The second kappa shape index (κ2) is 10.1. The molecule has 0 aliphatic heterocycles. The Bertz CT molecular complexity index is 1240. The molecule has 3 rings (SSSR count). The molecule has 0 spiro atoms. The first-order chi connectivity index (χ1) is 15.6. The Kier molecular flexibility index (Phi) is 7.43. The van der Waals surface area contributed by atoms with Crippen molar-refractivity contribution in [3.05, 3.63) is 89.0 Å². The van der Waals surface area contributed by atoms with Crippen molar-refractivity contribution in [1.82, 2.24) is 5.32 Å². The van der Waals surface area contributed by atoms with Gasteiger partial charge in [-0.15, -0.1) is 0 Å². The van der Waals surface area contributed by atoms with Gasteiger partial charge in [-0.25, -0.2) is 8.42 Å². The number of nitrogens with zero attached hydrogens (tertiary/aromatic N) is 1. The predicted molar refractivity (Wildman–Crippen MR) is 131 cm³/mol. The summed E-state index contributed by atoms with van der Waals surface area (Å²) in [5.41, 5.74) is 4.36. The van der Waals surface area contributed by atoms with Gasteiger partial charge in [0.2, 0.25) is 5.91 Å². The smallest absolute Gasteiger partial charge is 0.264 e. The zero-order valence-corrected chi connectivity index (χ0v) is 20.4. The number of nitrogens with one attached hydrogen (secondary N) is 1. The van der Waals surface area contributed by atoms with Gasteiger partial charge >= 0.3 is 0 Å². The molecule has 174 valence electrons. The molecule has 1 N–H and O–H groups in total. The lowest BCUT2D eigenvalue weighted by atomic mass is 10.0. The van der Waals surface area contributed by atoms with Crippen molar-refractivity contribution in [3.63, 3.8) is 0 Å². The Balaban J connectivity index is 1.97. The van der Waals surface area contributed by atoms with E-state index in [0.29, 0.717) is 11.4 Å². The molecule has 0 bridgehead atoms. The van der Waals surface area contributed by atoms with Gasteiger partial charge in [-0.1, -0.05) is 48.0 Å². The summed E-state index contributed by atoms with van der Waals surface area (Å²) in [4.78, 5) is 13.2. The van der Waals surface area contributed by atoms with Gasteiger partial charge < -0.3 is 10.1 Å². The highest BCUT2D eigenvalue weighted by atomic mass is 32.2. The molecule has 1 atom stereocenters. The molecule has 0 aromatic heterocycles. The molecule has 0 unspecified atom stereocenters. The molecule has 6 nitrogen and oxygen atoms in total. The number of sulfonamides is 1. The minimum Gasteiger partial charge on any atom is -0.495 e. The third-order valence-electron chi connectivity index (χ3n) is 5.49. The summed E-state index contributed by atoms with van der Waals surface area (Å²) in [6, 6.07) is 19.1. The van der Waals surface area contributed by atoms with Crippen LogP contribution < -0.4 is 14.4 Å². The highest BCUT2D eigenvalue weighted by molar-refractivity contribution is 7.92. The number of aryl methyl sites for hydroxylation is 3. The maximum absolute atomic E-state index is 13.6. The topological polar surface area (TPSA) is 75.7 Å². The molecule has 0 fully saturated rings. The van der Waals surface area contributed by atoms with E-state index in [-0.39, 0.29) is 17.5 Å². The summed E-state index contributed by atoms with van der Waals surface area (Å²) in [5.74, 6) is -0.0409. The van der Waals surface area contributed by atoms with Crippen LogP contribution in [0.25, 0.3) is 0 Å². The summed E-state index contributed by atoms with van der Waals surface area (Å²) in [6.45, 7) is 7.38. The van der Waals surface area contributed by atoms with Crippen molar-refractivity contribution >= 4 is 21.6 Å². The number of rotatable bonds is 8. The Morgan fingerprint density at radius 2 is 1.61 bits per heavy atom. The molecule has 0 aliphatic rings. The molecule has 1 amide bonds. The second-order valence-corrected chi connectivity index (χ2v) is 10.0. The van der Waals surface area contributed by atoms with Crippen molar-refractivity contribution in [1.29, 1.82) is 0 Å². The third kappa shape index (κ3) is 5.54. The number of carbonyl (C=O) groups excluding carboxylic acids is 1. The van der Waals surface area contributed by atoms with E-state index >= 15 is 0 Å². The molecule has 33 heavy (non-hydrogen) atoms. The van der Waals surface area contributed by atoms with Crippen molar-refractivity contribution in [2.45, 2.75) is 38.6 Å². The molecule has 0 radical (unpaired) electrons. The average Bonchev–Trinajstić information content (AvgIpc) is 2.77. The summed E-state index contributed by atoms with van der Waals surface area (Å²) in [7, 11) is -2.54. The first-order valence-electron chi connectivity index (χ1n) is 10.7. The highest BCUT2D eigenvalue weighted by Crippen LogP contribution is 2.33. The van der Waals surface area contributed by atoms with E-state index < -0.39 is 15.9 Å². The zero-order chi connectivity index (χ0) is 24.2. The van der Waals surface area contributed by atoms with Gasteiger partial charge in [0.25, 0.3) is 10.0 Å². The third-order valence-corrected chi connectivity index (χ3v) is 7.26. The molecule has 0 saturated heterocycles. The van der Waals surface area contributed by atoms with Gasteiger partial charge in [-0.05, 0) is 68.7 Å². The molecule has 0 saturated carbocycles. The zero-order valence-electron chi connectivity index (χ0n) is 19.6. The fourth-order valence-electron chi connectivity index (χ4n) is 3.82. The summed E-state index contributed by atoms with van der Waals surface area (Å²) >= 11 is 0. The van der Waals surface area contributed by atoms with Crippen LogP contribution in [0.3, 0.4) is 0 Å². The van der Waals surface area contributed by atoms with Gasteiger partial charge in [-0.3, -0.25) is 9.10 Å². The van der Waals surface area contributed by atoms with E-state index in [4.69, 9.17) is 4.74 Å². The number of methoxy groups -OCH3 is 1. The number of benzene rings is 3. The van der Waals surface area contributed by atoms with Gasteiger partial charge in [-0.2, -0.15) is 0 Å². The van der Waals surface area contributed by atoms with Crippen LogP contribution in [-0.4, -0.2) is 28.0 Å². The monoisotopic (exact) mass is 466 g/mol. The largest absolute Gasteiger partial charge is 0.495 e. The number of hydrogen-bond donors (Lipinski definition) is 1. The number of amides is 1. The highest BCUT2D eigenvalue weighted by Gasteiger charge is 2.30. The average molecular weight is 467 g/mol. The van der Waals surface area contributed by atoms with E-state index in [1.807, 2.05) is 45.9 Å². The Morgan fingerprint density at radius 3 is 2.24 bits per heavy atom. The normalized spacial score (nSPS) is 12.2. The minimum absolute atomic E-state index is 0.101. The Labute approximate surface area is 196 Å². The SMILES string of the molecule is COc1ccc(C)cc1N(CC(=O)N[C@H](C)c1ccc(C)cc1C)S(=O)(=O)c1ccccc1. The lowest BCUT2D eigenvalue weighted by Crippen LogP contribution is -2.41. The standard InChI is InChI=1S/C26H30N2O4S/c1-18-11-13-23(20(3)15-18)21(4)27-26(29)17-28(24-16-19(2)12-14-25(24)32-5)33(30,31)22-9-7-6-8-10-22/h6-16,21H,17H2,1-5H3,(H,27,29)/t21-/m1/s1. The van der Waals surface area contributed by atoms with Crippen molar-refractivity contribution < 1.29 is 17.9 Å². The quantitative estimate of drug-likeness (QED) is 0.522. The minimum atomic E-state index is -4.02. The number of ether oxygens (including phenoxy) is 1. The summed E-state index contributed by atoms with van der Waals surface area (Å²) < 4.78 is 33.7. The number of anilines is 1. The van der Waals surface area contributed by atoms with Crippen LogP contribution in [0.4, 0.5) is 5.69 Å². The second-order valence-electron chi connectivity index (χ2n) is 8.15. The Hall–Kier alpha value is -3.32. The fourth-order valence-corrected chi connectivity index (χ4v) is 5.27. The molecule has 0 heterocycles. The van der Waals surface area contributed by atoms with E-state index in [9.17, 15) is 13.2 Å². The van der Waals surface area contributed by atoms with Crippen LogP contribution in [0.2, 0.25) is 0 Å². The van der Waals surface area contributed by atoms with Crippen LogP contribution in [0.1, 0.15) is 35.2 Å². The summed E-state index contributed by atoms with van der Waals surface area (Å²) in [5, 5.41) is 2.95. The summed E-state index contributed by atoms with van der Waals surface area (Å²) in [6.07, 6.45) is 0. The lowest BCUT2D eigenvalue weighted by Gasteiger charge is -2.27. The van der Waals surface area contributed by atoms with Crippen LogP contribution in [0.15, 0.2) is 71.6 Å². The van der Waals surface area contributed by atoms with E-state index in [1.54, 1.807) is 30.3 Å². The number of hydrogen-bond acceptors (Lipinski definition) is 4. The lowest BCUT2D eigenvalue weighted by molar-refractivity contribution is -0.120. The van der Waals surface area contributed by atoms with Crippen LogP contribution in [-0.2, 0) is 14.8 Å². The molecular formula is C26H30N2O4S. The van der Waals surface area contributed by atoms with Gasteiger partial charge in [0.1, 0.15) is 12.3 Å². The van der Waals surface area contributed by atoms with Gasteiger partial charge in [0.15, 0.2) is 0 Å². The van der Waals surface area contributed by atoms with E-state index in [0.717, 1.165) is 26.6 Å². The molecule has 0 aliphatic carbocycles. The maximum Gasteiger partial charge on any atom is 0.264 e. The van der Waals surface area contributed by atoms with Crippen LogP contribution in [0, 0.1) is 20.8 Å². The van der Waals surface area contributed by atoms with Gasteiger partial charge in [0, 0.05) is 0 Å². The van der Waals surface area contributed by atoms with Crippen molar-refractivity contribution in [2.24, 2.45) is 0 Å². The molecule has 3 aromatic rings. The fraction of sp³-hybridized carbons (Fsp3) is 0.269. The van der Waals surface area contributed by atoms with E-state index in [2.05, 4.69) is 11.4 Å². The van der Waals surface area contributed by atoms with Crippen LogP contribution in [0.5, 0.6) is 5.75 Å². The van der Waals surface area contributed by atoms with Crippen molar-refractivity contribution in [3.8, 4) is 5.75 Å². The molecular weight excluding hydrogens is 436 g/mol. The molecule has 7 heteroatoms. The van der Waals surface area contributed by atoms with E-state index in [1.165, 1.54) is 19.2 Å². The van der Waals surface area contributed by atoms with Crippen LogP contribution >= 0.6 is 0 Å². The molecule has 3 aromatic carbocycles. The first-order valence-corrected chi connectivity index (χ1v) is 12.2. The maximum atomic E-state index is 13.6. The number of carbonyl (C=O) groups is 1.